The molecule has 6 heteroatoms. The standard InChI is InChI=1S/C26H30N4O2/c1-3-19-6-10-21(11-7-19)25-22-23(20-8-4-18(2)5-9-20)27-28-24(22)26(31)30(25)13-12-29-14-16-32-17-15-29/h4-11,25H,3,12-17H2,1-2H3,(H,27,28). The van der Waals surface area contributed by atoms with Crippen LogP contribution >= 0.6 is 0 Å². The molecule has 0 saturated carbocycles. The molecule has 1 atom stereocenters. The summed E-state index contributed by atoms with van der Waals surface area (Å²) < 4.78 is 5.48. The molecule has 1 unspecified atom stereocenters. The minimum absolute atomic E-state index is 0.0312. The van der Waals surface area contributed by atoms with E-state index in [1.54, 1.807) is 0 Å². The molecule has 3 aromatic rings. The van der Waals surface area contributed by atoms with E-state index < -0.39 is 0 Å². The first-order valence-electron chi connectivity index (χ1n) is 11.5. The molecule has 2 aliphatic rings. The summed E-state index contributed by atoms with van der Waals surface area (Å²) in [7, 11) is 0. The van der Waals surface area contributed by atoms with Gasteiger partial charge >= 0.3 is 0 Å². The molecule has 6 nitrogen and oxygen atoms in total. The number of ether oxygens (including phenoxy) is 1. The second-order valence-electron chi connectivity index (χ2n) is 8.68. The van der Waals surface area contributed by atoms with Crippen molar-refractivity contribution in [2.45, 2.75) is 26.3 Å². The third-order valence-electron chi connectivity index (χ3n) is 6.65. The van der Waals surface area contributed by atoms with E-state index in [9.17, 15) is 4.79 Å². The Labute approximate surface area is 189 Å². The number of fused-ring (bicyclic) bond motifs is 1. The normalized spacial score (nSPS) is 18.9. The number of H-pyrrole nitrogens is 1. The Morgan fingerprint density at radius 2 is 1.75 bits per heavy atom. The summed E-state index contributed by atoms with van der Waals surface area (Å²) in [6, 6.07) is 16.9. The van der Waals surface area contributed by atoms with Gasteiger partial charge in [-0.2, -0.15) is 5.10 Å². The lowest BCUT2D eigenvalue weighted by Crippen LogP contribution is -2.42. The van der Waals surface area contributed by atoms with Gasteiger partial charge in [0.05, 0.1) is 24.9 Å². The number of aromatic amines is 1. The van der Waals surface area contributed by atoms with Crippen LogP contribution in [0, 0.1) is 6.92 Å². The van der Waals surface area contributed by atoms with Crippen LogP contribution < -0.4 is 0 Å². The Balaban J connectivity index is 1.52. The van der Waals surface area contributed by atoms with Gasteiger partial charge in [0.15, 0.2) is 0 Å². The number of morpholine rings is 1. The van der Waals surface area contributed by atoms with Gasteiger partial charge < -0.3 is 9.64 Å². The fraction of sp³-hybridized carbons (Fsp3) is 0.385. The number of carbonyl (C=O) groups is 1. The molecule has 32 heavy (non-hydrogen) atoms. The monoisotopic (exact) mass is 430 g/mol. The lowest BCUT2D eigenvalue weighted by atomic mass is 9.95. The molecule has 166 valence electrons. The van der Waals surface area contributed by atoms with Crippen molar-refractivity contribution in [2.24, 2.45) is 0 Å². The van der Waals surface area contributed by atoms with Crippen molar-refractivity contribution in [3.63, 3.8) is 0 Å². The van der Waals surface area contributed by atoms with Crippen LogP contribution in [0.5, 0.6) is 0 Å². The second kappa shape index (κ2) is 8.88. The first-order valence-corrected chi connectivity index (χ1v) is 11.5. The summed E-state index contributed by atoms with van der Waals surface area (Å²) in [6.45, 7) is 9.11. The number of amides is 1. The molecule has 2 aliphatic heterocycles. The van der Waals surface area contributed by atoms with Gasteiger partial charge in [-0.25, -0.2) is 0 Å². The zero-order chi connectivity index (χ0) is 22.1. The Bertz CT molecular complexity index is 1080. The lowest BCUT2D eigenvalue weighted by molar-refractivity contribution is 0.0316. The first kappa shape index (κ1) is 20.9. The Morgan fingerprint density at radius 1 is 1.03 bits per heavy atom. The first-order chi connectivity index (χ1) is 15.7. The van der Waals surface area contributed by atoms with Crippen molar-refractivity contribution in [3.8, 4) is 11.3 Å². The van der Waals surface area contributed by atoms with Crippen LogP contribution in [0.4, 0.5) is 0 Å². The number of hydrogen-bond donors (Lipinski definition) is 1. The van der Waals surface area contributed by atoms with Crippen LogP contribution in [0.15, 0.2) is 48.5 Å². The van der Waals surface area contributed by atoms with E-state index in [-0.39, 0.29) is 11.9 Å². The quantitative estimate of drug-likeness (QED) is 0.646. The molecule has 3 heterocycles. The fourth-order valence-corrected chi connectivity index (χ4v) is 4.71. The number of nitrogens with one attached hydrogen (secondary N) is 1. The Kier molecular flexibility index (Phi) is 5.81. The third-order valence-corrected chi connectivity index (χ3v) is 6.65. The minimum Gasteiger partial charge on any atom is -0.379 e. The number of benzene rings is 2. The van der Waals surface area contributed by atoms with Crippen LogP contribution in [0.2, 0.25) is 0 Å². The summed E-state index contributed by atoms with van der Waals surface area (Å²) in [5, 5.41) is 7.65. The molecule has 0 bridgehead atoms. The number of nitrogens with zero attached hydrogens (tertiary/aromatic N) is 3. The van der Waals surface area contributed by atoms with Gasteiger partial charge in [0.2, 0.25) is 0 Å². The topological polar surface area (TPSA) is 61.5 Å². The minimum atomic E-state index is -0.139. The van der Waals surface area contributed by atoms with Crippen LogP contribution in [-0.2, 0) is 11.2 Å². The number of rotatable bonds is 6. The second-order valence-corrected chi connectivity index (χ2v) is 8.68. The third kappa shape index (κ3) is 3.85. The van der Waals surface area contributed by atoms with Crippen molar-refractivity contribution in [2.75, 3.05) is 39.4 Å². The highest BCUT2D eigenvalue weighted by molar-refractivity contribution is 6.00. The van der Waals surface area contributed by atoms with Crippen molar-refractivity contribution in [1.82, 2.24) is 20.0 Å². The van der Waals surface area contributed by atoms with Crippen molar-refractivity contribution < 1.29 is 9.53 Å². The summed E-state index contributed by atoms with van der Waals surface area (Å²) in [5.74, 6) is 0.0312. The molecule has 5 rings (SSSR count). The zero-order valence-electron chi connectivity index (χ0n) is 18.8. The van der Waals surface area contributed by atoms with E-state index >= 15 is 0 Å². The van der Waals surface area contributed by atoms with E-state index in [0.29, 0.717) is 12.2 Å². The molecule has 0 aliphatic carbocycles. The van der Waals surface area contributed by atoms with Crippen LogP contribution in [0.25, 0.3) is 11.3 Å². The fourth-order valence-electron chi connectivity index (χ4n) is 4.71. The van der Waals surface area contributed by atoms with Gasteiger partial charge in [0.1, 0.15) is 5.69 Å². The maximum atomic E-state index is 13.5. The molecule has 1 saturated heterocycles. The summed E-state index contributed by atoms with van der Waals surface area (Å²) in [5.41, 5.74) is 7.14. The number of hydrogen-bond acceptors (Lipinski definition) is 4. The smallest absolute Gasteiger partial charge is 0.273 e. The Hall–Kier alpha value is -2.96. The molecular weight excluding hydrogens is 400 g/mol. The van der Waals surface area contributed by atoms with E-state index in [1.165, 1.54) is 11.1 Å². The van der Waals surface area contributed by atoms with Crippen molar-refractivity contribution in [3.05, 3.63) is 76.5 Å². The molecule has 0 radical (unpaired) electrons. The highest BCUT2D eigenvalue weighted by Crippen LogP contribution is 2.42. The average molecular weight is 431 g/mol. The number of carbonyl (C=O) groups excluding carboxylic acids is 1. The highest BCUT2D eigenvalue weighted by atomic mass is 16.5. The summed E-state index contributed by atoms with van der Waals surface area (Å²) in [4.78, 5) is 17.9. The number of aromatic nitrogens is 2. The predicted octanol–water partition coefficient (Wildman–Crippen LogP) is 3.82. The average Bonchev–Trinajstić information content (AvgIpc) is 3.38. The lowest BCUT2D eigenvalue weighted by Gasteiger charge is -2.31. The molecular formula is C26H30N4O2. The molecule has 1 amide bonds. The van der Waals surface area contributed by atoms with Crippen LogP contribution in [0.1, 0.15) is 45.7 Å². The van der Waals surface area contributed by atoms with Gasteiger partial charge in [0.25, 0.3) is 5.91 Å². The molecule has 0 spiro atoms. The number of aryl methyl sites for hydroxylation is 2. The Morgan fingerprint density at radius 3 is 2.44 bits per heavy atom. The van der Waals surface area contributed by atoms with E-state index in [2.05, 4.69) is 77.5 Å². The maximum Gasteiger partial charge on any atom is 0.273 e. The maximum absolute atomic E-state index is 13.5. The molecule has 1 aromatic heterocycles. The summed E-state index contributed by atoms with van der Waals surface area (Å²) in [6.07, 6.45) is 0.996. The van der Waals surface area contributed by atoms with Crippen molar-refractivity contribution >= 4 is 5.91 Å². The van der Waals surface area contributed by atoms with Gasteiger partial charge in [-0.15, -0.1) is 0 Å². The van der Waals surface area contributed by atoms with Gasteiger partial charge in [-0.3, -0.25) is 14.8 Å². The SMILES string of the molecule is CCc1ccc(C2c3c(-c4ccc(C)cc4)n[nH]c3C(=O)N2CCN2CCOCC2)cc1. The van der Waals surface area contributed by atoms with Gasteiger partial charge in [-0.1, -0.05) is 61.0 Å². The molecule has 1 fully saturated rings. The zero-order valence-corrected chi connectivity index (χ0v) is 18.8. The summed E-state index contributed by atoms with van der Waals surface area (Å²) >= 11 is 0. The van der Waals surface area contributed by atoms with E-state index in [0.717, 1.165) is 61.7 Å². The molecule has 1 N–H and O–H groups in total. The van der Waals surface area contributed by atoms with Gasteiger partial charge in [0, 0.05) is 37.3 Å². The highest BCUT2D eigenvalue weighted by Gasteiger charge is 2.42. The van der Waals surface area contributed by atoms with Gasteiger partial charge in [-0.05, 0) is 24.5 Å². The largest absolute Gasteiger partial charge is 0.379 e. The van der Waals surface area contributed by atoms with E-state index in [4.69, 9.17) is 4.74 Å². The van der Waals surface area contributed by atoms with Crippen LogP contribution in [0.3, 0.4) is 0 Å². The van der Waals surface area contributed by atoms with Crippen LogP contribution in [-0.4, -0.2) is 65.3 Å². The predicted molar refractivity (Wildman–Crippen MR) is 125 cm³/mol. The van der Waals surface area contributed by atoms with Crippen molar-refractivity contribution in [1.29, 1.82) is 0 Å². The molecule has 2 aromatic carbocycles. The van der Waals surface area contributed by atoms with E-state index in [1.807, 2.05) is 4.90 Å².